The van der Waals surface area contributed by atoms with Crippen LogP contribution in [0, 0.1) is 0 Å². The molecule has 0 spiro atoms. The number of nitrogens with zero attached hydrogens (tertiary/aromatic N) is 1. The molecule has 3 aromatic rings. The number of nitrogens with one attached hydrogen (secondary N) is 1. The number of benzene rings is 3. The van der Waals surface area contributed by atoms with Crippen molar-refractivity contribution < 1.29 is 14.3 Å². The van der Waals surface area contributed by atoms with Crippen molar-refractivity contribution in [2.45, 2.75) is 0 Å². The highest BCUT2D eigenvalue weighted by Crippen LogP contribution is 2.31. The molecular formula is C23H24N2O3. The van der Waals surface area contributed by atoms with E-state index >= 15 is 0 Å². The second-order valence-electron chi connectivity index (χ2n) is 6.39. The minimum Gasteiger partial charge on any atom is -0.493 e. The van der Waals surface area contributed by atoms with Crippen molar-refractivity contribution in [1.29, 1.82) is 0 Å². The molecule has 1 amide bonds. The summed E-state index contributed by atoms with van der Waals surface area (Å²) in [6.07, 6.45) is 0. The Labute approximate surface area is 165 Å². The van der Waals surface area contributed by atoms with Crippen molar-refractivity contribution >= 4 is 17.3 Å². The minimum atomic E-state index is -0.0928. The maximum atomic E-state index is 12.4. The Morgan fingerprint density at radius 1 is 0.857 bits per heavy atom. The first-order chi connectivity index (χ1) is 13.6. The van der Waals surface area contributed by atoms with E-state index in [4.69, 9.17) is 9.47 Å². The Bertz CT molecular complexity index is 924. The third kappa shape index (κ3) is 4.62. The average molecular weight is 376 g/mol. The van der Waals surface area contributed by atoms with Crippen molar-refractivity contribution in [1.82, 2.24) is 0 Å². The largest absolute Gasteiger partial charge is 0.493 e. The summed E-state index contributed by atoms with van der Waals surface area (Å²) >= 11 is 0. The van der Waals surface area contributed by atoms with Crippen LogP contribution in [0.3, 0.4) is 0 Å². The number of likely N-dealkylation sites (N-methyl/N-ethyl adjacent to an activating group) is 1. The average Bonchev–Trinajstić information content (AvgIpc) is 2.74. The molecule has 0 unspecified atom stereocenters. The number of rotatable bonds is 7. The van der Waals surface area contributed by atoms with E-state index in [0.29, 0.717) is 11.5 Å². The number of hydrogen-bond acceptors (Lipinski definition) is 4. The van der Waals surface area contributed by atoms with Crippen molar-refractivity contribution in [3.05, 3.63) is 72.8 Å². The topological polar surface area (TPSA) is 50.8 Å². The molecule has 3 rings (SSSR count). The Morgan fingerprint density at radius 3 is 2.14 bits per heavy atom. The van der Waals surface area contributed by atoms with Crippen molar-refractivity contribution in [2.75, 3.05) is 38.0 Å². The van der Waals surface area contributed by atoms with Gasteiger partial charge in [0.05, 0.1) is 20.8 Å². The van der Waals surface area contributed by atoms with Gasteiger partial charge >= 0.3 is 0 Å². The molecule has 1 N–H and O–H groups in total. The summed E-state index contributed by atoms with van der Waals surface area (Å²) in [6, 6.07) is 23.5. The number of amides is 1. The standard InChI is InChI=1S/C23H24N2O3/c1-25(20-13-14-21(27-2)22(15-20)28-3)16-23(26)24-19-11-9-18(10-12-19)17-7-5-4-6-8-17/h4-15H,16H2,1-3H3,(H,24,26). The SMILES string of the molecule is COc1ccc(N(C)CC(=O)Nc2ccc(-c3ccccc3)cc2)cc1OC. The molecular weight excluding hydrogens is 352 g/mol. The predicted octanol–water partition coefficient (Wildman–Crippen LogP) is 4.45. The van der Waals surface area contributed by atoms with Gasteiger partial charge in [0.15, 0.2) is 11.5 Å². The molecule has 0 fully saturated rings. The molecule has 5 heteroatoms. The Balaban J connectivity index is 1.62. The van der Waals surface area contributed by atoms with Gasteiger partial charge in [-0.05, 0) is 35.4 Å². The Kier molecular flexibility index (Phi) is 6.17. The van der Waals surface area contributed by atoms with Crippen LogP contribution < -0.4 is 19.7 Å². The molecule has 0 aliphatic heterocycles. The van der Waals surface area contributed by atoms with Gasteiger partial charge in [-0.1, -0.05) is 42.5 Å². The fourth-order valence-electron chi connectivity index (χ4n) is 2.95. The zero-order valence-electron chi connectivity index (χ0n) is 16.3. The molecule has 5 nitrogen and oxygen atoms in total. The maximum absolute atomic E-state index is 12.4. The van der Waals surface area contributed by atoms with Gasteiger partial charge in [-0.2, -0.15) is 0 Å². The minimum absolute atomic E-state index is 0.0928. The molecule has 0 atom stereocenters. The van der Waals surface area contributed by atoms with E-state index < -0.39 is 0 Å². The van der Waals surface area contributed by atoms with Gasteiger partial charge in [0, 0.05) is 24.5 Å². The van der Waals surface area contributed by atoms with Crippen molar-refractivity contribution in [3.63, 3.8) is 0 Å². The summed E-state index contributed by atoms with van der Waals surface area (Å²) in [5, 5.41) is 2.94. The third-order valence-corrected chi connectivity index (χ3v) is 4.46. The quantitative estimate of drug-likeness (QED) is 0.662. The fourth-order valence-corrected chi connectivity index (χ4v) is 2.95. The van der Waals surface area contributed by atoms with Crippen LogP contribution in [0.5, 0.6) is 11.5 Å². The van der Waals surface area contributed by atoms with Crippen LogP contribution in [0.1, 0.15) is 0 Å². The number of anilines is 2. The Hall–Kier alpha value is -3.47. The highest BCUT2D eigenvalue weighted by atomic mass is 16.5. The van der Waals surface area contributed by atoms with E-state index in [1.165, 1.54) is 0 Å². The second-order valence-corrected chi connectivity index (χ2v) is 6.39. The molecule has 0 aromatic heterocycles. The molecule has 0 saturated heterocycles. The van der Waals surface area contributed by atoms with E-state index in [-0.39, 0.29) is 12.5 Å². The van der Waals surface area contributed by atoms with Crippen LogP contribution in [-0.2, 0) is 4.79 Å². The molecule has 3 aromatic carbocycles. The lowest BCUT2D eigenvalue weighted by molar-refractivity contribution is -0.114. The van der Waals surface area contributed by atoms with Crippen LogP contribution in [0.15, 0.2) is 72.8 Å². The summed E-state index contributed by atoms with van der Waals surface area (Å²) in [5.41, 5.74) is 3.90. The highest BCUT2D eigenvalue weighted by Gasteiger charge is 2.11. The van der Waals surface area contributed by atoms with Gasteiger partial charge in [0.1, 0.15) is 0 Å². The first-order valence-corrected chi connectivity index (χ1v) is 8.99. The third-order valence-electron chi connectivity index (χ3n) is 4.46. The molecule has 0 heterocycles. The van der Waals surface area contributed by atoms with E-state index in [1.54, 1.807) is 14.2 Å². The van der Waals surface area contributed by atoms with Gasteiger partial charge in [-0.15, -0.1) is 0 Å². The van der Waals surface area contributed by atoms with E-state index in [1.807, 2.05) is 72.6 Å². The first kappa shape index (κ1) is 19.3. The van der Waals surface area contributed by atoms with Crippen LogP contribution in [-0.4, -0.2) is 33.7 Å². The Morgan fingerprint density at radius 2 is 1.50 bits per heavy atom. The normalized spacial score (nSPS) is 10.2. The lowest BCUT2D eigenvalue weighted by Crippen LogP contribution is -2.30. The molecule has 0 aliphatic rings. The number of carbonyl (C=O) groups is 1. The molecule has 0 saturated carbocycles. The monoisotopic (exact) mass is 376 g/mol. The van der Waals surface area contributed by atoms with Gasteiger partial charge < -0.3 is 19.7 Å². The van der Waals surface area contributed by atoms with Crippen LogP contribution in [0.4, 0.5) is 11.4 Å². The zero-order chi connectivity index (χ0) is 19.9. The smallest absolute Gasteiger partial charge is 0.243 e. The highest BCUT2D eigenvalue weighted by molar-refractivity contribution is 5.94. The molecule has 144 valence electrons. The fraction of sp³-hybridized carbons (Fsp3) is 0.174. The summed E-state index contributed by atoms with van der Waals surface area (Å²) in [6.45, 7) is 0.218. The van der Waals surface area contributed by atoms with Gasteiger partial charge in [0.2, 0.25) is 5.91 Å². The summed E-state index contributed by atoms with van der Waals surface area (Å²) < 4.78 is 10.6. The summed E-state index contributed by atoms with van der Waals surface area (Å²) in [4.78, 5) is 14.3. The van der Waals surface area contributed by atoms with E-state index in [9.17, 15) is 4.79 Å². The molecule has 0 aliphatic carbocycles. The maximum Gasteiger partial charge on any atom is 0.243 e. The van der Waals surface area contributed by atoms with E-state index in [0.717, 1.165) is 22.5 Å². The predicted molar refractivity (Wildman–Crippen MR) is 113 cm³/mol. The zero-order valence-corrected chi connectivity index (χ0v) is 16.3. The second kappa shape index (κ2) is 8.95. The molecule has 0 bridgehead atoms. The molecule has 0 radical (unpaired) electrons. The number of hydrogen-bond donors (Lipinski definition) is 1. The van der Waals surface area contributed by atoms with Gasteiger partial charge in [-0.3, -0.25) is 4.79 Å². The lowest BCUT2D eigenvalue weighted by Gasteiger charge is -2.20. The van der Waals surface area contributed by atoms with Crippen LogP contribution >= 0.6 is 0 Å². The lowest BCUT2D eigenvalue weighted by atomic mass is 10.1. The van der Waals surface area contributed by atoms with Crippen molar-refractivity contribution in [2.24, 2.45) is 0 Å². The number of carbonyl (C=O) groups excluding carboxylic acids is 1. The van der Waals surface area contributed by atoms with Crippen molar-refractivity contribution in [3.8, 4) is 22.6 Å². The van der Waals surface area contributed by atoms with E-state index in [2.05, 4.69) is 17.4 Å². The first-order valence-electron chi connectivity index (χ1n) is 8.99. The number of ether oxygens (including phenoxy) is 2. The van der Waals surface area contributed by atoms with Crippen LogP contribution in [0.2, 0.25) is 0 Å². The molecule has 28 heavy (non-hydrogen) atoms. The number of methoxy groups -OCH3 is 2. The summed E-state index contributed by atoms with van der Waals surface area (Å²) in [5.74, 6) is 1.19. The van der Waals surface area contributed by atoms with Crippen LogP contribution in [0.25, 0.3) is 11.1 Å². The van der Waals surface area contributed by atoms with Gasteiger partial charge in [0.25, 0.3) is 0 Å². The van der Waals surface area contributed by atoms with Gasteiger partial charge in [-0.25, -0.2) is 0 Å². The summed E-state index contributed by atoms with van der Waals surface area (Å²) in [7, 11) is 5.05.